The second kappa shape index (κ2) is 5.10. The maximum atomic E-state index is 6.03. The number of hydrogen-bond donors (Lipinski definition) is 2. The van der Waals surface area contributed by atoms with Crippen molar-refractivity contribution in [2.45, 2.75) is 62.7 Å². The van der Waals surface area contributed by atoms with Gasteiger partial charge in [-0.3, -0.25) is 16.3 Å². The van der Waals surface area contributed by atoms with E-state index >= 15 is 0 Å². The van der Waals surface area contributed by atoms with Crippen LogP contribution >= 0.6 is 0 Å². The Kier molecular flexibility index (Phi) is 3.25. The number of ether oxygens (including phenoxy) is 1. The van der Waals surface area contributed by atoms with Gasteiger partial charge in [-0.25, -0.2) is 0 Å². The first-order chi connectivity index (χ1) is 9.86. The molecule has 1 aliphatic carbocycles. The lowest BCUT2D eigenvalue weighted by molar-refractivity contribution is 0.0822. The summed E-state index contributed by atoms with van der Waals surface area (Å²) in [5.74, 6) is 6.93. The van der Waals surface area contributed by atoms with Crippen LogP contribution in [-0.4, -0.2) is 23.2 Å². The Morgan fingerprint density at radius 3 is 3.05 bits per heavy atom. The summed E-state index contributed by atoms with van der Waals surface area (Å²) in [6.07, 6.45) is 10.00. The average Bonchev–Trinajstić information content (AvgIpc) is 3.11. The van der Waals surface area contributed by atoms with E-state index in [2.05, 4.69) is 16.5 Å². The van der Waals surface area contributed by atoms with Crippen LogP contribution in [0.1, 0.15) is 49.3 Å². The molecule has 20 heavy (non-hydrogen) atoms. The van der Waals surface area contributed by atoms with Gasteiger partial charge in [0.2, 0.25) is 0 Å². The molecule has 5 atom stereocenters. The van der Waals surface area contributed by atoms with Crippen LogP contribution in [-0.2, 0) is 11.2 Å². The minimum atomic E-state index is 0.305. The first-order valence-electron chi connectivity index (χ1n) is 7.92. The van der Waals surface area contributed by atoms with E-state index in [1.54, 1.807) is 0 Å². The molecule has 4 nitrogen and oxygen atoms in total. The second-order valence-corrected chi connectivity index (χ2v) is 6.51. The van der Waals surface area contributed by atoms with E-state index in [0.29, 0.717) is 30.1 Å². The highest BCUT2D eigenvalue weighted by atomic mass is 16.5. The number of hydrogen-bond acceptors (Lipinski definition) is 4. The quantitative estimate of drug-likeness (QED) is 0.652. The smallest absolute Gasteiger partial charge is 0.0624 e. The SMILES string of the molecule is NNC(C1CCCc2cccnc21)C1CC2CCC1O2. The number of fused-ring (bicyclic) bond motifs is 3. The van der Waals surface area contributed by atoms with Crippen LogP contribution in [0.4, 0.5) is 0 Å². The number of pyridine rings is 1. The molecule has 4 heteroatoms. The van der Waals surface area contributed by atoms with Crippen LogP contribution in [0, 0.1) is 5.92 Å². The van der Waals surface area contributed by atoms with Gasteiger partial charge < -0.3 is 4.74 Å². The topological polar surface area (TPSA) is 60.2 Å². The number of aromatic nitrogens is 1. The Hall–Kier alpha value is -0.970. The van der Waals surface area contributed by atoms with Crippen LogP contribution < -0.4 is 11.3 Å². The van der Waals surface area contributed by atoms with Crippen LogP contribution in [0.25, 0.3) is 0 Å². The maximum Gasteiger partial charge on any atom is 0.0624 e. The normalized spacial score (nSPS) is 36.9. The van der Waals surface area contributed by atoms with Crippen molar-refractivity contribution in [3.63, 3.8) is 0 Å². The molecule has 1 aromatic rings. The summed E-state index contributed by atoms with van der Waals surface area (Å²) in [6.45, 7) is 0. The third-order valence-corrected chi connectivity index (χ3v) is 5.48. The minimum absolute atomic E-state index is 0.305. The standard InChI is InChI=1S/C16H23N3O/c17-19-16(13-9-11-6-7-14(13)20-11)12-5-1-3-10-4-2-8-18-15(10)12/h2,4,8,11-14,16,19H,1,3,5-7,9,17H2. The van der Waals surface area contributed by atoms with Crippen molar-refractivity contribution >= 4 is 0 Å². The number of hydrazine groups is 1. The highest BCUT2D eigenvalue weighted by Gasteiger charge is 2.47. The van der Waals surface area contributed by atoms with Crippen LogP contribution in [0.3, 0.4) is 0 Å². The van der Waals surface area contributed by atoms with Crippen molar-refractivity contribution < 1.29 is 4.74 Å². The average molecular weight is 273 g/mol. The number of aryl methyl sites for hydroxylation is 1. The van der Waals surface area contributed by atoms with E-state index in [-0.39, 0.29) is 0 Å². The van der Waals surface area contributed by atoms with Gasteiger partial charge in [-0.1, -0.05) is 6.07 Å². The molecule has 0 radical (unpaired) electrons. The molecular weight excluding hydrogens is 250 g/mol. The molecule has 4 rings (SSSR count). The Morgan fingerprint density at radius 2 is 2.30 bits per heavy atom. The molecule has 5 unspecified atom stereocenters. The number of rotatable bonds is 3. The van der Waals surface area contributed by atoms with E-state index in [4.69, 9.17) is 10.6 Å². The monoisotopic (exact) mass is 273 g/mol. The number of nitrogens with two attached hydrogens (primary N) is 1. The summed E-state index contributed by atoms with van der Waals surface area (Å²) in [4.78, 5) is 4.67. The number of nitrogens with zero attached hydrogens (tertiary/aromatic N) is 1. The third kappa shape index (κ3) is 1.98. The van der Waals surface area contributed by atoms with Crippen molar-refractivity contribution in [3.8, 4) is 0 Å². The molecule has 0 aromatic carbocycles. The minimum Gasteiger partial charge on any atom is -0.375 e. The van der Waals surface area contributed by atoms with Crippen LogP contribution in [0.2, 0.25) is 0 Å². The maximum absolute atomic E-state index is 6.03. The summed E-state index contributed by atoms with van der Waals surface area (Å²) in [5, 5.41) is 0. The molecule has 3 aliphatic rings. The lowest BCUT2D eigenvalue weighted by Gasteiger charge is -2.36. The van der Waals surface area contributed by atoms with E-state index in [9.17, 15) is 0 Å². The molecule has 0 amide bonds. The third-order valence-electron chi connectivity index (χ3n) is 5.48. The van der Waals surface area contributed by atoms with E-state index in [1.807, 2.05) is 12.3 Å². The Balaban J connectivity index is 1.62. The fraction of sp³-hybridized carbons (Fsp3) is 0.688. The highest BCUT2D eigenvalue weighted by Crippen LogP contribution is 2.45. The van der Waals surface area contributed by atoms with Gasteiger partial charge in [0.15, 0.2) is 0 Å². The lowest BCUT2D eigenvalue weighted by atomic mass is 9.73. The zero-order valence-electron chi connectivity index (χ0n) is 11.8. The van der Waals surface area contributed by atoms with Gasteiger partial charge in [0.25, 0.3) is 0 Å². The molecule has 3 N–H and O–H groups in total. The molecule has 2 saturated heterocycles. The van der Waals surface area contributed by atoms with Gasteiger partial charge in [-0.05, 0) is 50.2 Å². The van der Waals surface area contributed by atoms with E-state index in [1.165, 1.54) is 36.9 Å². The molecule has 0 spiro atoms. The van der Waals surface area contributed by atoms with Gasteiger partial charge in [-0.2, -0.15) is 0 Å². The van der Waals surface area contributed by atoms with Gasteiger partial charge in [-0.15, -0.1) is 0 Å². The van der Waals surface area contributed by atoms with Gasteiger partial charge in [0.05, 0.1) is 12.2 Å². The molecule has 108 valence electrons. The molecule has 2 fully saturated rings. The summed E-state index contributed by atoms with van der Waals surface area (Å²) in [6, 6.07) is 4.57. The second-order valence-electron chi connectivity index (χ2n) is 6.51. The van der Waals surface area contributed by atoms with Crippen molar-refractivity contribution in [3.05, 3.63) is 29.6 Å². The number of nitrogens with one attached hydrogen (secondary N) is 1. The first-order valence-corrected chi connectivity index (χ1v) is 7.92. The zero-order chi connectivity index (χ0) is 13.5. The molecule has 1 aromatic heterocycles. The Labute approximate surface area is 120 Å². The summed E-state index contributed by atoms with van der Waals surface area (Å²) in [5.41, 5.74) is 5.80. The van der Waals surface area contributed by atoms with Crippen molar-refractivity contribution in [1.29, 1.82) is 0 Å². The largest absolute Gasteiger partial charge is 0.375 e. The van der Waals surface area contributed by atoms with Crippen LogP contribution in [0.15, 0.2) is 18.3 Å². The Bertz CT molecular complexity index is 492. The van der Waals surface area contributed by atoms with Gasteiger partial charge in [0.1, 0.15) is 0 Å². The van der Waals surface area contributed by atoms with Gasteiger partial charge in [0, 0.05) is 29.8 Å². The summed E-state index contributed by atoms with van der Waals surface area (Å²) in [7, 11) is 0. The van der Waals surface area contributed by atoms with Crippen LogP contribution in [0.5, 0.6) is 0 Å². The van der Waals surface area contributed by atoms with E-state index < -0.39 is 0 Å². The summed E-state index contributed by atoms with van der Waals surface area (Å²) >= 11 is 0. The zero-order valence-corrected chi connectivity index (χ0v) is 11.8. The Morgan fingerprint density at radius 1 is 1.35 bits per heavy atom. The van der Waals surface area contributed by atoms with Crippen molar-refractivity contribution in [2.75, 3.05) is 0 Å². The molecule has 3 heterocycles. The van der Waals surface area contributed by atoms with E-state index in [0.717, 1.165) is 12.8 Å². The molecule has 2 aliphatic heterocycles. The fourth-order valence-electron chi connectivity index (χ4n) is 4.59. The summed E-state index contributed by atoms with van der Waals surface area (Å²) < 4.78 is 6.03. The first kappa shape index (κ1) is 12.7. The fourth-order valence-corrected chi connectivity index (χ4v) is 4.59. The molecule has 0 saturated carbocycles. The van der Waals surface area contributed by atoms with Crippen molar-refractivity contribution in [2.24, 2.45) is 11.8 Å². The molecular formula is C16H23N3O. The predicted octanol–water partition coefficient (Wildman–Crippen LogP) is 1.90. The highest BCUT2D eigenvalue weighted by molar-refractivity contribution is 5.28. The van der Waals surface area contributed by atoms with Gasteiger partial charge >= 0.3 is 0 Å². The lowest BCUT2D eigenvalue weighted by Crippen LogP contribution is -2.49. The predicted molar refractivity (Wildman–Crippen MR) is 77.0 cm³/mol. The molecule has 2 bridgehead atoms. The van der Waals surface area contributed by atoms with Crippen molar-refractivity contribution in [1.82, 2.24) is 10.4 Å².